The van der Waals surface area contributed by atoms with E-state index in [-0.39, 0.29) is 11.3 Å². The summed E-state index contributed by atoms with van der Waals surface area (Å²) in [5, 5.41) is 6.02. The van der Waals surface area contributed by atoms with E-state index in [1.54, 1.807) is 36.7 Å². The first-order valence-electron chi connectivity index (χ1n) is 8.52. The summed E-state index contributed by atoms with van der Waals surface area (Å²) >= 11 is 1.51. The molecule has 0 unspecified atom stereocenters. The number of pyridine rings is 1. The fraction of sp³-hybridized carbons (Fsp3) is 0.0476. The number of carbonyl (C=O) groups excluding carboxylic acids is 1. The molecule has 0 radical (unpaired) electrons. The second-order valence-electron chi connectivity index (χ2n) is 5.95. The van der Waals surface area contributed by atoms with Gasteiger partial charge in [0.25, 0.3) is 0 Å². The Balaban J connectivity index is 1.41. The van der Waals surface area contributed by atoms with Gasteiger partial charge in [-0.1, -0.05) is 12.1 Å². The number of fused-ring (bicyclic) bond motifs is 1. The number of thiazole rings is 1. The van der Waals surface area contributed by atoms with Crippen molar-refractivity contribution in [2.75, 3.05) is 0 Å². The van der Waals surface area contributed by atoms with Gasteiger partial charge >= 0.3 is 0 Å². The summed E-state index contributed by atoms with van der Waals surface area (Å²) in [6.45, 7) is 0.303. The summed E-state index contributed by atoms with van der Waals surface area (Å²) in [6, 6.07) is 10.8. The lowest BCUT2D eigenvalue weighted by atomic mass is 10.1. The molecule has 4 rings (SSSR count). The molecule has 0 bridgehead atoms. The van der Waals surface area contributed by atoms with Crippen molar-refractivity contribution >= 4 is 34.3 Å². The maximum atomic E-state index is 12.4. The Bertz CT molecular complexity index is 1210. The number of para-hydroxylation sites is 1. The molecule has 1 aromatic carbocycles. The van der Waals surface area contributed by atoms with Crippen LogP contribution in [0.2, 0.25) is 0 Å². The van der Waals surface area contributed by atoms with Gasteiger partial charge in [0.15, 0.2) is 5.43 Å². The Morgan fingerprint density at radius 3 is 2.86 bits per heavy atom. The Labute approximate surface area is 164 Å². The van der Waals surface area contributed by atoms with Crippen molar-refractivity contribution in [3.05, 3.63) is 88.0 Å². The number of nitrogens with zero attached hydrogens (tertiary/aromatic N) is 2. The number of carbonyl (C=O) groups is 1. The van der Waals surface area contributed by atoms with Gasteiger partial charge < -0.3 is 9.73 Å². The molecule has 138 valence electrons. The molecule has 1 N–H and O–H groups in total. The Morgan fingerprint density at radius 1 is 1.18 bits per heavy atom. The van der Waals surface area contributed by atoms with Gasteiger partial charge in [0.05, 0.1) is 23.2 Å². The zero-order valence-corrected chi connectivity index (χ0v) is 15.5. The summed E-state index contributed by atoms with van der Waals surface area (Å²) in [5.41, 5.74) is 2.42. The van der Waals surface area contributed by atoms with Gasteiger partial charge in [0, 0.05) is 29.4 Å². The first-order chi connectivity index (χ1) is 13.7. The van der Waals surface area contributed by atoms with Crippen LogP contribution in [0.5, 0.6) is 0 Å². The zero-order valence-electron chi connectivity index (χ0n) is 14.7. The third kappa shape index (κ3) is 3.89. The number of amides is 1. The highest BCUT2D eigenvalue weighted by atomic mass is 32.1. The molecule has 0 aliphatic heterocycles. The minimum Gasteiger partial charge on any atom is -0.463 e. The van der Waals surface area contributed by atoms with E-state index in [0.717, 1.165) is 16.3 Å². The Hall–Kier alpha value is -3.58. The normalized spacial score (nSPS) is 11.1. The van der Waals surface area contributed by atoms with Gasteiger partial charge in [-0.15, -0.1) is 11.3 Å². The summed E-state index contributed by atoms with van der Waals surface area (Å²) in [6.07, 6.45) is 7.56. The lowest BCUT2D eigenvalue weighted by molar-refractivity contribution is -0.116. The quantitative estimate of drug-likeness (QED) is 0.527. The molecule has 6 nitrogen and oxygen atoms in total. The molecule has 0 fully saturated rings. The molecule has 0 saturated carbocycles. The van der Waals surface area contributed by atoms with Crippen molar-refractivity contribution in [1.82, 2.24) is 15.3 Å². The first kappa shape index (κ1) is 17.8. The first-order valence-corrected chi connectivity index (χ1v) is 9.40. The summed E-state index contributed by atoms with van der Waals surface area (Å²) < 4.78 is 5.43. The van der Waals surface area contributed by atoms with Gasteiger partial charge in [0.2, 0.25) is 5.91 Å². The largest absolute Gasteiger partial charge is 0.463 e. The molecule has 0 aliphatic rings. The molecule has 28 heavy (non-hydrogen) atoms. The summed E-state index contributed by atoms with van der Waals surface area (Å²) in [7, 11) is 0. The second kappa shape index (κ2) is 7.98. The SMILES string of the molecule is O=C(/C=C/c1coc2ccccc2c1=O)NCc1csc(-c2ccncc2)n1. The van der Waals surface area contributed by atoms with Gasteiger partial charge in [0.1, 0.15) is 16.9 Å². The molecule has 3 aromatic heterocycles. The molecule has 3 heterocycles. The predicted molar refractivity (Wildman–Crippen MR) is 109 cm³/mol. The molecule has 1 amide bonds. The van der Waals surface area contributed by atoms with Crippen molar-refractivity contribution in [3.63, 3.8) is 0 Å². The summed E-state index contributed by atoms with van der Waals surface area (Å²) in [4.78, 5) is 33.0. The number of aromatic nitrogens is 2. The monoisotopic (exact) mass is 389 g/mol. The summed E-state index contributed by atoms with van der Waals surface area (Å²) in [5.74, 6) is -0.314. The van der Waals surface area contributed by atoms with E-state index in [9.17, 15) is 9.59 Å². The van der Waals surface area contributed by atoms with Gasteiger partial charge in [-0.25, -0.2) is 4.98 Å². The van der Waals surface area contributed by atoms with Crippen molar-refractivity contribution in [3.8, 4) is 10.6 Å². The molecule has 7 heteroatoms. The number of hydrogen-bond acceptors (Lipinski definition) is 6. The molecular formula is C21H15N3O3S. The van der Waals surface area contributed by atoms with Crippen molar-refractivity contribution in [2.24, 2.45) is 0 Å². The zero-order chi connectivity index (χ0) is 19.3. The topological polar surface area (TPSA) is 85.1 Å². The van der Waals surface area contributed by atoms with E-state index < -0.39 is 0 Å². The number of benzene rings is 1. The van der Waals surface area contributed by atoms with Gasteiger partial charge in [-0.3, -0.25) is 14.6 Å². The van der Waals surface area contributed by atoms with Crippen molar-refractivity contribution < 1.29 is 9.21 Å². The van der Waals surface area contributed by atoms with E-state index in [2.05, 4.69) is 15.3 Å². The average Bonchev–Trinajstić information content (AvgIpc) is 3.22. The van der Waals surface area contributed by atoms with Crippen LogP contribution in [0.4, 0.5) is 0 Å². The van der Waals surface area contributed by atoms with Crippen LogP contribution in [0.15, 0.2) is 75.7 Å². The van der Waals surface area contributed by atoms with Crippen LogP contribution in [-0.2, 0) is 11.3 Å². The highest BCUT2D eigenvalue weighted by molar-refractivity contribution is 7.13. The van der Waals surface area contributed by atoms with E-state index in [1.165, 1.54) is 29.8 Å². The molecule has 0 saturated heterocycles. The third-order valence-corrected chi connectivity index (χ3v) is 4.98. The van der Waals surface area contributed by atoms with Crippen LogP contribution in [-0.4, -0.2) is 15.9 Å². The van der Waals surface area contributed by atoms with Crippen LogP contribution >= 0.6 is 11.3 Å². The van der Waals surface area contributed by atoms with Gasteiger partial charge in [-0.2, -0.15) is 0 Å². The maximum absolute atomic E-state index is 12.4. The molecule has 0 spiro atoms. The van der Waals surface area contributed by atoms with Crippen LogP contribution in [0, 0.1) is 0 Å². The second-order valence-corrected chi connectivity index (χ2v) is 6.81. The minimum absolute atomic E-state index is 0.174. The fourth-order valence-corrected chi connectivity index (χ4v) is 3.45. The van der Waals surface area contributed by atoms with Crippen LogP contribution < -0.4 is 10.7 Å². The molecule has 0 atom stereocenters. The predicted octanol–water partition coefficient (Wildman–Crippen LogP) is 3.64. The standard InChI is InChI=1S/C21H15N3O3S/c25-19(6-5-15-12-27-18-4-2-1-3-17(18)20(15)26)23-11-16-13-28-21(24-16)14-7-9-22-10-8-14/h1-10,12-13H,11H2,(H,23,25)/b6-5+. The van der Waals surface area contributed by atoms with E-state index in [1.807, 2.05) is 17.5 Å². The number of nitrogens with one attached hydrogen (secondary N) is 1. The van der Waals surface area contributed by atoms with E-state index in [0.29, 0.717) is 23.1 Å². The average molecular weight is 389 g/mol. The third-order valence-electron chi connectivity index (χ3n) is 4.04. The molecular weight excluding hydrogens is 374 g/mol. The Morgan fingerprint density at radius 2 is 2.00 bits per heavy atom. The van der Waals surface area contributed by atoms with E-state index >= 15 is 0 Å². The maximum Gasteiger partial charge on any atom is 0.244 e. The fourth-order valence-electron chi connectivity index (χ4n) is 2.63. The number of hydrogen-bond donors (Lipinski definition) is 1. The van der Waals surface area contributed by atoms with Crippen LogP contribution in [0.25, 0.3) is 27.6 Å². The Kier molecular flexibility index (Phi) is 5.07. The molecule has 0 aliphatic carbocycles. The highest BCUT2D eigenvalue weighted by Gasteiger charge is 2.07. The van der Waals surface area contributed by atoms with Crippen LogP contribution in [0.3, 0.4) is 0 Å². The lowest BCUT2D eigenvalue weighted by Crippen LogP contribution is -2.20. The minimum atomic E-state index is -0.314. The van der Waals surface area contributed by atoms with Crippen molar-refractivity contribution in [2.45, 2.75) is 6.54 Å². The van der Waals surface area contributed by atoms with E-state index in [4.69, 9.17) is 4.42 Å². The van der Waals surface area contributed by atoms with Crippen molar-refractivity contribution in [1.29, 1.82) is 0 Å². The highest BCUT2D eigenvalue weighted by Crippen LogP contribution is 2.22. The van der Waals surface area contributed by atoms with Crippen LogP contribution in [0.1, 0.15) is 11.3 Å². The lowest BCUT2D eigenvalue weighted by Gasteiger charge is -2.00. The molecule has 4 aromatic rings. The number of rotatable bonds is 5. The smallest absolute Gasteiger partial charge is 0.244 e. The van der Waals surface area contributed by atoms with Gasteiger partial charge in [-0.05, 0) is 30.3 Å².